The smallest absolute Gasteiger partial charge is 0.475 e. The number of benzene rings is 2. The summed E-state index contributed by atoms with van der Waals surface area (Å²) in [7, 11) is -4.05. The molecule has 0 aromatic heterocycles. The molecular formula is C31H41Cl2F3NO6P. The summed E-state index contributed by atoms with van der Waals surface area (Å²) in [4.78, 5) is 4.58. The SMILES string of the molecule is CC1=NC(CCc2ccc(OCCCc3cccc(Cl)c3Cl)c(C(F)(F)F)c2)(COP(=O)(OC(C)(C)C)OC(C)(C)C)CO1. The van der Waals surface area contributed by atoms with Crippen LogP contribution in [0.2, 0.25) is 10.0 Å². The van der Waals surface area contributed by atoms with E-state index in [-0.39, 0.29) is 38.4 Å². The minimum Gasteiger partial charge on any atom is -0.493 e. The molecule has 1 atom stereocenters. The van der Waals surface area contributed by atoms with Gasteiger partial charge in [-0.1, -0.05) is 41.4 Å². The summed E-state index contributed by atoms with van der Waals surface area (Å²) in [5.74, 6) is 0.143. The highest BCUT2D eigenvalue weighted by atomic mass is 35.5. The Morgan fingerprint density at radius 2 is 1.66 bits per heavy atom. The van der Waals surface area contributed by atoms with Gasteiger partial charge in [0.05, 0.1) is 40.0 Å². The number of hydrogen-bond donors (Lipinski definition) is 0. The molecule has 0 N–H and O–H groups in total. The standard InChI is InChI=1S/C31H41Cl2F3NO6P/c1-21-37-30(19-40-21,20-41-44(38,42-28(2,3)4)43-29(5,6)7)16-15-22-13-14-26(24(18-22)31(34,35)36)39-17-9-11-23-10-8-12-25(32)27(23)33/h8,10,12-14,18H,9,11,15-17,19-20H2,1-7H3. The van der Waals surface area contributed by atoms with Crippen LogP contribution in [0.25, 0.3) is 0 Å². The third-order valence-electron chi connectivity index (χ3n) is 6.32. The molecule has 7 nitrogen and oxygen atoms in total. The zero-order valence-electron chi connectivity index (χ0n) is 26.1. The Morgan fingerprint density at radius 3 is 2.23 bits per heavy atom. The highest BCUT2D eigenvalue weighted by Gasteiger charge is 2.43. The summed E-state index contributed by atoms with van der Waals surface area (Å²) in [5.41, 5.74) is -2.32. The van der Waals surface area contributed by atoms with E-state index in [4.69, 9.17) is 46.2 Å². The van der Waals surface area contributed by atoms with Gasteiger partial charge in [-0.25, -0.2) is 9.56 Å². The maximum atomic E-state index is 14.1. The van der Waals surface area contributed by atoms with Gasteiger partial charge in [-0.05, 0) is 96.6 Å². The summed E-state index contributed by atoms with van der Waals surface area (Å²) in [6.45, 7) is 12.0. The molecule has 44 heavy (non-hydrogen) atoms. The number of phosphoric ester groups is 1. The molecule has 0 amide bonds. The molecule has 0 radical (unpaired) electrons. The summed E-state index contributed by atoms with van der Waals surface area (Å²) >= 11 is 12.2. The molecule has 0 saturated heterocycles. The number of nitrogens with zero attached hydrogens (tertiary/aromatic N) is 1. The molecule has 0 bridgehead atoms. The van der Waals surface area contributed by atoms with Crippen LogP contribution in [0.5, 0.6) is 5.75 Å². The van der Waals surface area contributed by atoms with E-state index in [1.807, 2.05) is 6.07 Å². The van der Waals surface area contributed by atoms with Crippen LogP contribution in [-0.2, 0) is 41.9 Å². The lowest BCUT2D eigenvalue weighted by atomic mass is 9.93. The second-order valence-corrected chi connectivity index (χ2v) is 15.1. The lowest BCUT2D eigenvalue weighted by molar-refractivity contribution is -0.139. The molecule has 246 valence electrons. The first-order valence-corrected chi connectivity index (χ1v) is 16.5. The monoisotopic (exact) mass is 681 g/mol. The van der Waals surface area contributed by atoms with Gasteiger partial charge in [0.25, 0.3) is 0 Å². The highest BCUT2D eigenvalue weighted by molar-refractivity contribution is 7.48. The Bertz CT molecular complexity index is 1350. The van der Waals surface area contributed by atoms with Crippen LogP contribution in [0.15, 0.2) is 41.4 Å². The summed E-state index contributed by atoms with van der Waals surface area (Å²) in [5, 5.41) is 0.847. The second-order valence-electron chi connectivity index (χ2n) is 12.8. The van der Waals surface area contributed by atoms with Gasteiger partial charge in [0, 0.05) is 6.92 Å². The van der Waals surface area contributed by atoms with Crippen LogP contribution in [0, 0.1) is 0 Å². The fraction of sp³-hybridized carbons (Fsp3) is 0.581. The number of aliphatic imine (C=N–C) groups is 1. The van der Waals surface area contributed by atoms with Crippen molar-refractivity contribution >= 4 is 36.9 Å². The topological polar surface area (TPSA) is 75.6 Å². The molecule has 13 heteroatoms. The molecule has 1 aliphatic heterocycles. The Morgan fingerprint density at radius 1 is 1.00 bits per heavy atom. The molecule has 2 aromatic carbocycles. The van der Waals surface area contributed by atoms with Gasteiger partial charge in [0.1, 0.15) is 17.9 Å². The average molecular weight is 683 g/mol. The predicted molar refractivity (Wildman–Crippen MR) is 167 cm³/mol. The number of hydrogen-bond acceptors (Lipinski definition) is 7. The molecular weight excluding hydrogens is 641 g/mol. The van der Waals surface area contributed by atoms with Crippen LogP contribution >= 0.6 is 31.0 Å². The van der Waals surface area contributed by atoms with Crippen molar-refractivity contribution in [3.63, 3.8) is 0 Å². The minimum absolute atomic E-state index is 0.0599. The van der Waals surface area contributed by atoms with Crippen LogP contribution in [0.1, 0.15) is 78.0 Å². The largest absolute Gasteiger partial charge is 0.493 e. The fourth-order valence-electron chi connectivity index (χ4n) is 4.50. The van der Waals surface area contributed by atoms with Gasteiger partial charge >= 0.3 is 14.0 Å². The van der Waals surface area contributed by atoms with Crippen molar-refractivity contribution in [1.29, 1.82) is 0 Å². The van der Waals surface area contributed by atoms with Crippen molar-refractivity contribution in [2.45, 2.75) is 97.1 Å². The van der Waals surface area contributed by atoms with E-state index in [2.05, 4.69) is 4.99 Å². The van der Waals surface area contributed by atoms with Crippen LogP contribution in [0.3, 0.4) is 0 Å². The van der Waals surface area contributed by atoms with E-state index >= 15 is 0 Å². The zero-order valence-corrected chi connectivity index (χ0v) is 28.6. The van der Waals surface area contributed by atoms with Crippen molar-refractivity contribution < 1.29 is 40.8 Å². The van der Waals surface area contributed by atoms with E-state index in [0.29, 0.717) is 34.3 Å². The first-order valence-electron chi connectivity index (χ1n) is 14.3. The van der Waals surface area contributed by atoms with Gasteiger partial charge in [-0.2, -0.15) is 13.2 Å². The average Bonchev–Trinajstić information content (AvgIpc) is 3.25. The molecule has 0 fully saturated rings. The maximum Gasteiger partial charge on any atom is 0.475 e. The van der Waals surface area contributed by atoms with Crippen molar-refractivity contribution in [2.24, 2.45) is 4.99 Å². The fourth-order valence-corrected chi connectivity index (χ4v) is 6.79. The van der Waals surface area contributed by atoms with Crippen molar-refractivity contribution in [2.75, 3.05) is 19.8 Å². The van der Waals surface area contributed by atoms with E-state index in [9.17, 15) is 17.7 Å². The number of alkyl halides is 3. The quantitative estimate of drug-likeness (QED) is 0.155. The lowest BCUT2D eigenvalue weighted by Gasteiger charge is -2.33. The minimum atomic E-state index is -4.63. The Hall–Kier alpha value is -1.81. The van der Waals surface area contributed by atoms with E-state index in [1.54, 1.807) is 66.7 Å². The van der Waals surface area contributed by atoms with Crippen molar-refractivity contribution in [3.05, 3.63) is 63.1 Å². The molecule has 0 aliphatic carbocycles. The summed E-state index contributed by atoms with van der Waals surface area (Å²) in [6, 6.07) is 9.26. The van der Waals surface area contributed by atoms with Gasteiger partial charge in [0.15, 0.2) is 5.90 Å². The third-order valence-corrected chi connectivity index (χ3v) is 9.16. The van der Waals surface area contributed by atoms with Crippen molar-refractivity contribution in [1.82, 2.24) is 0 Å². The molecule has 0 spiro atoms. The zero-order chi connectivity index (χ0) is 33.0. The van der Waals surface area contributed by atoms with Crippen LogP contribution < -0.4 is 4.74 Å². The maximum absolute atomic E-state index is 14.1. The molecule has 3 rings (SSSR count). The van der Waals surface area contributed by atoms with Crippen LogP contribution in [0.4, 0.5) is 13.2 Å². The van der Waals surface area contributed by atoms with Gasteiger partial charge in [-0.15, -0.1) is 0 Å². The van der Waals surface area contributed by atoms with E-state index in [0.717, 1.165) is 11.6 Å². The number of aryl methyl sites for hydroxylation is 2. The van der Waals surface area contributed by atoms with Crippen LogP contribution in [-0.4, -0.2) is 42.5 Å². The lowest BCUT2D eigenvalue weighted by Crippen LogP contribution is -2.36. The number of ether oxygens (including phenoxy) is 2. The van der Waals surface area contributed by atoms with Crippen molar-refractivity contribution in [3.8, 4) is 5.75 Å². The Labute approximate surface area is 268 Å². The molecule has 2 aromatic rings. The summed E-state index contributed by atoms with van der Waals surface area (Å²) < 4.78 is 84.2. The first-order chi connectivity index (χ1) is 20.2. The van der Waals surface area contributed by atoms with Gasteiger partial charge in [0.2, 0.25) is 0 Å². The summed E-state index contributed by atoms with van der Waals surface area (Å²) in [6.07, 6.45) is -3.22. The number of phosphoric acid groups is 1. The second kappa shape index (κ2) is 14.3. The third kappa shape index (κ3) is 11.2. The molecule has 1 aliphatic rings. The van der Waals surface area contributed by atoms with Gasteiger partial charge in [-0.3, -0.25) is 13.6 Å². The molecule has 1 unspecified atom stereocenters. The molecule has 0 saturated carbocycles. The van der Waals surface area contributed by atoms with E-state index in [1.165, 1.54) is 6.07 Å². The van der Waals surface area contributed by atoms with Gasteiger partial charge < -0.3 is 9.47 Å². The first kappa shape index (κ1) is 36.7. The Balaban J connectivity index is 1.72. The number of halogens is 5. The normalized spacial score (nSPS) is 17.9. The highest BCUT2D eigenvalue weighted by Crippen LogP contribution is 2.56. The predicted octanol–water partition coefficient (Wildman–Crippen LogP) is 9.90. The molecule has 1 heterocycles. The van der Waals surface area contributed by atoms with E-state index < -0.39 is 36.3 Å². The number of rotatable bonds is 13. The Kier molecular flexibility index (Phi) is 11.9.